The van der Waals surface area contributed by atoms with Crippen molar-refractivity contribution < 1.29 is 4.79 Å². The van der Waals surface area contributed by atoms with E-state index in [1.54, 1.807) is 0 Å². The molecule has 80 valence electrons. The number of rotatable bonds is 1. The molecule has 0 bridgehead atoms. The van der Waals surface area contributed by atoms with E-state index in [9.17, 15) is 4.79 Å². The number of carbonyl (C=O) groups excluding carboxylic acids is 1. The highest BCUT2D eigenvalue weighted by Gasteiger charge is 2.36. The molecule has 1 saturated heterocycles. The standard InChI is InChI=1S/C12H16N2O/c13-12(10-6-2-1-3-7-10)8-4-5-9-14-11(12)15/h1-3,6-7H,4-5,8-9,13H2,(H,14,15). The predicted molar refractivity (Wildman–Crippen MR) is 59.2 cm³/mol. The first-order valence-electron chi connectivity index (χ1n) is 5.36. The first kappa shape index (κ1) is 10.2. The van der Waals surface area contributed by atoms with Crippen molar-refractivity contribution in [3.8, 4) is 0 Å². The minimum atomic E-state index is -0.836. The van der Waals surface area contributed by atoms with Crippen molar-refractivity contribution in [3.05, 3.63) is 35.9 Å². The topological polar surface area (TPSA) is 55.1 Å². The fourth-order valence-electron chi connectivity index (χ4n) is 2.01. The molecule has 1 aliphatic heterocycles. The summed E-state index contributed by atoms with van der Waals surface area (Å²) < 4.78 is 0. The number of carbonyl (C=O) groups is 1. The first-order chi connectivity index (χ1) is 7.23. The SMILES string of the molecule is NC1(c2ccccc2)CCCCNC1=O. The summed E-state index contributed by atoms with van der Waals surface area (Å²) in [6.07, 6.45) is 2.73. The van der Waals surface area contributed by atoms with Crippen LogP contribution in [0.1, 0.15) is 24.8 Å². The molecule has 15 heavy (non-hydrogen) atoms. The van der Waals surface area contributed by atoms with Gasteiger partial charge in [0.1, 0.15) is 5.54 Å². The van der Waals surface area contributed by atoms with Crippen LogP contribution in [0.3, 0.4) is 0 Å². The van der Waals surface area contributed by atoms with Crippen LogP contribution in [-0.2, 0) is 10.3 Å². The maximum absolute atomic E-state index is 11.9. The molecule has 2 rings (SSSR count). The lowest BCUT2D eigenvalue weighted by atomic mass is 9.86. The van der Waals surface area contributed by atoms with Gasteiger partial charge in [0.05, 0.1) is 0 Å². The Morgan fingerprint density at radius 1 is 1.20 bits per heavy atom. The number of benzene rings is 1. The normalized spacial score (nSPS) is 26.9. The highest BCUT2D eigenvalue weighted by Crippen LogP contribution is 2.26. The molecular formula is C12H16N2O. The molecular weight excluding hydrogens is 188 g/mol. The second-order valence-electron chi connectivity index (χ2n) is 4.05. The van der Waals surface area contributed by atoms with Crippen LogP contribution in [0.25, 0.3) is 0 Å². The Hall–Kier alpha value is -1.35. The Morgan fingerprint density at radius 3 is 2.67 bits per heavy atom. The molecule has 1 aromatic rings. The van der Waals surface area contributed by atoms with Crippen LogP contribution in [0.4, 0.5) is 0 Å². The van der Waals surface area contributed by atoms with Gasteiger partial charge in [-0.3, -0.25) is 4.79 Å². The predicted octanol–water partition coefficient (Wildman–Crippen LogP) is 1.14. The van der Waals surface area contributed by atoms with E-state index < -0.39 is 5.54 Å². The van der Waals surface area contributed by atoms with Gasteiger partial charge in [0, 0.05) is 6.54 Å². The van der Waals surface area contributed by atoms with Gasteiger partial charge in [0.25, 0.3) is 0 Å². The summed E-state index contributed by atoms with van der Waals surface area (Å²) in [7, 11) is 0. The second-order valence-corrected chi connectivity index (χ2v) is 4.05. The highest BCUT2D eigenvalue weighted by atomic mass is 16.2. The van der Waals surface area contributed by atoms with Crippen LogP contribution in [0.5, 0.6) is 0 Å². The van der Waals surface area contributed by atoms with E-state index in [4.69, 9.17) is 5.73 Å². The molecule has 3 nitrogen and oxygen atoms in total. The van der Waals surface area contributed by atoms with Gasteiger partial charge in [-0.05, 0) is 24.8 Å². The van der Waals surface area contributed by atoms with Crippen molar-refractivity contribution in [1.82, 2.24) is 5.32 Å². The molecule has 1 atom stereocenters. The molecule has 1 heterocycles. The van der Waals surface area contributed by atoms with E-state index in [1.165, 1.54) is 0 Å². The molecule has 3 N–H and O–H groups in total. The molecule has 3 heteroatoms. The Labute approximate surface area is 89.7 Å². The second kappa shape index (κ2) is 4.03. The summed E-state index contributed by atoms with van der Waals surface area (Å²) >= 11 is 0. The monoisotopic (exact) mass is 204 g/mol. The molecule has 0 aromatic heterocycles. The highest BCUT2D eigenvalue weighted by molar-refractivity contribution is 5.87. The summed E-state index contributed by atoms with van der Waals surface area (Å²) in [4.78, 5) is 11.9. The smallest absolute Gasteiger partial charge is 0.244 e. The van der Waals surface area contributed by atoms with Gasteiger partial charge >= 0.3 is 0 Å². The van der Waals surface area contributed by atoms with E-state index in [0.29, 0.717) is 0 Å². The fraction of sp³-hybridized carbons (Fsp3) is 0.417. The van der Waals surface area contributed by atoms with Crippen LogP contribution in [0, 0.1) is 0 Å². The van der Waals surface area contributed by atoms with Crippen molar-refractivity contribution in [2.75, 3.05) is 6.54 Å². The zero-order chi connectivity index (χ0) is 10.7. The van der Waals surface area contributed by atoms with Gasteiger partial charge < -0.3 is 11.1 Å². The lowest BCUT2D eigenvalue weighted by molar-refractivity contribution is -0.126. The lowest BCUT2D eigenvalue weighted by Crippen LogP contribution is -2.50. The van der Waals surface area contributed by atoms with Crippen molar-refractivity contribution in [1.29, 1.82) is 0 Å². The van der Waals surface area contributed by atoms with Gasteiger partial charge in [0.15, 0.2) is 0 Å². The third-order valence-corrected chi connectivity index (χ3v) is 2.98. The zero-order valence-corrected chi connectivity index (χ0v) is 8.70. The molecule has 0 saturated carbocycles. The molecule has 1 unspecified atom stereocenters. The summed E-state index contributed by atoms with van der Waals surface area (Å²) in [6.45, 7) is 0.741. The van der Waals surface area contributed by atoms with E-state index in [2.05, 4.69) is 5.32 Å². The molecule has 1 aromatic carbocycles. The zero-order valence-electron chi connectivity index (χ0n) is 8.70. The molecule has 0 aliphatic carbocycles. The van der Waals surface area contributed by atoms with Crippen LogP contribution < -0.4 is 11.1 Å². The third kappa shape index (κ3) is 1.88. The van der Waals surface area contributed by atoms with Crippen molar-refractivity contribution in [2.45, 2.75) is 24.8 Å². The lowest BCUT2D eigenvalue weighted by Gasteiger charge is -2.26. The van der Waals surface area contributed by atoms with Crippen molar-refractivity contribution in [3.63, 3.8) is 0 Å². The first-order valence-corrected chi connectivity index (χ1v) is 5.36. The maximum Gasteiger partial charge on any atom is 0.244 e. The largest absolute Gasteiger partial charge is 0.354 e. The molecule has 0 radical (unpaired) electrons. The van der Waals surface area contributed by atoms with E-state index in [0.717, 1.165) is 31.4 Å². The average molecular weight is 204 g/mol. The fourth-order valence-corrected chi connectivity index (χ4v) is 2.01. The molecule has 1 fully saturated rings. The van der Waals surface area contributed by atoms with Gasteiger partial charge in [-0.15, -0.1) is 0 Å². The number of amides is 1. The molecule has 1 amide bonds. The summed E-state index contributed by atoms with van der Waals surface area (Å²) in [5.74, 6) is -0.0498. The third-order valence-electron chi connectivity index (χ3n) is 2.98. The van der Waals surface area contributed by atoms with Crippen molar-refractivity contribution in [2.24, 2.45) is 5.73 Å². The number of nitrogens with two attached hydrogens (primary N) is 1. The Morgan fingerprint density at radius 2 is 1.93 bits per heavy atom. The van der Waals surface area contributed by atoms with Crippen LogP contribution in [0.2, 0.25) is 0 Å². The van der Waals surface area contributed by atoms with E-state index >= 15 is 0 Å². The summed E-state index contributed by atoms with van der Waals surface area (Å²) in [6, 6.07) is 9.61. The van der Waals surface area contributed by atoms with E-state index in [1.807, 2.05) is 30.3 Å². The van der Waals surface area contributed by atoms with Gasteiger partial charge in [-0.25, -0.2) is 0 Å². The molecule has 1 aliphatic rings. The van der Waals surface area contributed by atoms with Crippen LogP contribution in [0.15, 0.2) is 30.3 Å². The van der Waals surface area contributed by atoms with Gasteiger partial charge in [-0.2, -0.15) is 0 Å². The van der Waals surface area contributed by atoms with Crippen LogP contribution >= 0.6 is 0 Å². The number of hydrogen-bond acceptors (Lipinski definition) is 2. The minimum absolute atomic E-state index is 0.0498. The van der Waals surface area contributed by atoms with Crippen molar-refractivity contribution >= 4 is 5.91 Å². The Kier molecular flexibility index (Phi) is 2.73. The number of nitrogens with one attached hydrogen (secondary N) is 1. The average Bonchev–Trinajstić information content (AvgIpc) is 2.44. The van der Waals surface area contributed by atoms with Gasteiger partial charge in [-0.1, -0.05) is 30.3 Å². The quantitative estimate of drug-likeness (QED) is 0.720. The maximum atomic E-state index is 11.9. The Balaban J connectivity index is 2.34. The van der Waals surface area contributed by atoms with Crippen LogP contribution in [-0.4, -0.2) is 12.5 Å². The van der Waals surface area contributed by atoms with Gasteiger partial charge in [0.2, 0.25) is 5.91 Å². The minimum Gasteiger partial charge on any atom is -0.354 e. The molecule has 0 spiro atoms. The number of hydrogen-bond donors (Lipinski definition) is 2. The van der Waals surface area contributed by atoms with E-state index in [-0.39, 0.29) is 5.91 Å². The summed E-state index contributed by atoms with van der Waals surface area (Å²) in [5, 5.41) is 2.87. The Bertz CT molecular complexity index is 350. The summed E-state index contributed by atoms with van der Waals surface area (Å²) in [5.41, 5.74) is 6.28.